The van der Waals surface area contributed by atoms with Crippen LogP contribution in [0, 0.1) is 0 Å². The summed E-state index contributed by atoms with van der Waals surface area (Å²) in [5, 5.41) is 0. The first kappa shape index (κ1) is 17.2. The van der Waals surface area contributed by atoms with Gasteiger partial charge in [0.15, 0.2) is 0 Å². The Hall–Kier alpha value is -0.830. The van der Waals surface area contributed by atoms with Gasteiger partial charge in [-0.05, 0) is 32.9 Å². The van der Waals surface area contributed by atoms with E-state index in [1.54, 1.807) is 20.8 Å². The van der Waals surface area contributed by atoms with Gasteiger partial charge in [0, 0.05) is 22.3 Å². The third kappa shape index (κ3) is 4.34. The zero-order chi connectivity index (χ0) is 15.8. The van der Waals surface area contributed by atoms with Crippen molar-refractivity contribution in [2.24, 2.45) is 0 Å². The Morgan fingerprint density at radius 1 is 1.10 bits per heavy atom. The van der Waals surface area contributed by atoms with Crippen LogP contribution in [0.15, 0.2) is 28.0 Å². The zero-order valence-corrected chi connectivity index (χ0v) is 13.9. The summed E-state index contributed by atoms with van der Waals surface area (Å²) in [4.78, 5) is -0.932. The number of halogens is 1. The Labute approximate surface area is 123 Å². The summed E-state index contributed by atoms with van der Waals surface area (Å²) in [7, 11) is -1.64. The van der Waals surface area contributed by atoms with Crippen LogP contribution < -0.4 is 9.46 Å². The van der Waals surface area contributed by atoms with Gasteiger partial charge in [-0.25, -0.2) is 21.6 Å². The SMILES string of the molecule is COc1ccc(S(=O)(=O)Cl)c(S(=O)(=O)NC(C)(C)C)c1. The third-order valence-corrected chi connectivity index (χ3v) is 5.45. The highest BCUT2D eigenvalue weighted by molar-refractivity contribution is 8.14. The molecule has 1 aromatic carbocycles. The van der Waals surface area contributed by atoms with Gasteiger partial charge >= 0.3 is 0 Å². The summed E-state index contributed by atoms with van der Waals surface area (Å²) in [5.41, 5.74) is -0.769. The molecule has 0 atom stereocenters. The van der Waals surface area contributed by atoms with Crippen LogP contribution in [0.4, 0.5) is 0 Å². The fraction of sp³-hybridized carbons (Fsp3) is 0.455. The van der Waals surface area contributed by atoms with Crippen LogP contribution in [0.1, 0.15) is 20.8 Å². The molecular formula is C11H16ClNO5S2. The van der Waals surface area contributed by atoms with Crippen molar-refractivity contribution < 1.29 is 21.6 Å². The van der Waals surface area contributed by atoms with Gasteiger partial charge in [0.05, 0.1) is 7.11 Å². The smallest absolute Gasteiger partial charge is 0.262 e. The Kier molecular flexibility index (Phi) is 4.75. The molecule has 0 unspecified atom stereocenters. The fourth-order valence-electron chi connectivity index (χ4n) is 1.48. The number of methoxy groups -OCH3 is 1. The van der Waals surface area contributed by atoms with Gasteiger partial charge < -0.3 is 4.74 Å². The molecule has 0 aromatic heterocycles. The van der Waals surface area contributed by atoms with E-state index >= 15 is 0 Å². The Morgan fingerprint density at radius 3 is 2.05 bits per heavy atom. The Morgan fingerprint density at radius 2 is 1.65 bits per heavy atom. The maximum absolute atomic E-state index is 12.3. The molecule has 1 rings (SSSR count). The van der Waals surface area contributed by atoms with Crippen LogP contribution in [0.25, 0.3) is 0 Å². The number of hydrogen-bond acceptors (Lipinski definition) is 5. The fourth-order valence-corrected chi connectivity index (χ4v) is 4.73. The Bertz CT molecular complexity index is 705. The number of sulfonamides is 1. The van der Waals surface area contributed by atoms with Crippen molar-refractivity contribution in [3.8, 4) is 5.75 Å². The normalized spacial score (nSPS) is 13.2. The lowest BCUT2D eigenvalue weighted by atomic mass is 10.1. The monoisotopic (exact) mass is 341 g/mol. The van der Waals surface area contributed by atoms with Crippen LogP contribution in [-0.2, 0) is 19.1 Å². The molecule has 6 nitrogen and oxygen atoms in total. The maximum atomic E-state index is 12.3. The van der Waals surface area contributed by atoms with Gasteiger partial charge in [-0.3, -0.25) is 0 Å². The largest absolute Gasteiger partial charge is 0.497 e. The lowest BCUT2D eigenvalue weighted by Gasteiger charge is -2.21. The molecule has 0 aliphatic rings. The minimum atomic E-state index is -4.20. The molecule has 0 amide bonds. The van der Waals surface area contributed by atoms with Gasteiger partial charge in [-0.1, -0.05) is 0 Å². The Balaban J connectivity index is 3.57. The van der Waals surface area contributed by atoms with Crippen molar-refractivity contribution in [1.29, 1.82) is 0 Å². The quantitative estimate of drug-likeness (QED) is 0.842. The molecule has 1 aromatic rings. The molecule has 0 fully saturated rings. The lowest BCUT2D eigenvalue weighted by Crippen LogP contribution is -2.40. The number of nitrogens with one attached hydrogen (secondary N) is 1. The third-order valence-electron chi connectivity index (χ3n) is 2.14. The molecule has 1 N–H and O–H groups in total. The van der Waals surface area contributed by atoms with E-state index in [9.17, 15) is 16.8 Å². The first-order chi connectivity index (χ1) is 8.87. The van der Waals surface area contributed by atoms with Crippen molar-refractivity contribution in [2.75, 3.05) is 7.11 Å². The highest BCUT2D eigenvalue weighted by atomic mass is 35.7. The van der Waals surface area contributed by atoms with E-state index in [0.29, 0.717) is 0 Å². The van der Waals surface area contributed by atoms with Crippen molar-refractivity contribution in [3.63, 3.8) is 0 Å². The molecule has 0 saturated carbocycles. The van der Waals surface area contributed by atoms with Gasteiger partial charge in [0.25, 0.3) is 9.05 Å². The molecule has 0 aliphatic heterocycles. The molecule has 0 bridgehead atoms. The first-order valence-electron chi connectivity index (χ1n) is 5.53. The summed E-state index contributed by atoms with van der Waals surface area (Å²) in [5.74, 6) is 0.211. The number of rotatable bonds is 4. The second kappa shape index (κ2) is 5.51. The molecule has 0 heterocycles. The summed E-state index contributed by atoms with van der Waals surface area (Å²) in [6.07, 6.45) is 0. The summed E-state index contributed by atoms with van der Waals surface area (Å²) in [6.45, 7) is 4.92. The van der Waals surface area contributed by atoms with Crippen LogP contribution in [0.5, 0.6) is 5.75 Å². The predicted molar refractivity (Wildman–Crippen MR) is 76.1 cm³/mol. The van der Waals surface area contributed by atoms with Crippen LogP contribution in [0.3, 0.4) is 0 Å². The van der Waals surface area contributed by atoms with E-state index in [-0.39, 0.29) is 5.75 Å². The lowest BCUT2D eigenvalue weighted by molar-refractivity contribution is 0.412. The van der Waals surface area contributed by atoms with E-state index in [1.807, 2.05) is 0 Å². The van der Waals surface area contributed by atoms with Crippen LogP contribution >= 0.6 is 10.7 Å². The van der Waals surface area contributed by atoms with Gasteiger partial charge in [-0.15, -0.1) is 0 Å². The topological polar surface area (TPSA) is 89.5 Å². The highest BCUT2D eigenvalue weighted by Gasteiger charge is 2.29. The number of benzene rings is 1. The molecule has 0 saturated heterocycles. The van der Waals surface area contributed by atoms with E-state index in [2.05, 4.69) is 4.72 Å². The van der Waals surface area contributed by atoms with Crippen molar-refractivity contribution in [1.82, 2.24) is 4.72 Å². The maximum Gasteiger partial charge on any atom is 0.262 e. The highest BCUT2D eigenvalue weighted by Crippen LogP contribution is 2.28. The summed E-state index contributed by atoms with van der Waals surface area (Å²) in [6, 6.07) is 3.53. The number of ether oxygens (including phenoxy) is 1. The van der Waals surface area contributed by atoms with E-state index < -0.39 is 34.4 Å². The molecule has 0 spiro atoms. The molecular weight excluding hydrogens is 326 g/mol. The molecule has 0 aliphatic carbocycles. The average Bonchev–Trinajstić information content (AvgIpc) is 2.23. The van der Waals surface area contributed by atoms with Gasteiger partial charge in [0.1, 0.15) is 15.5 Å². The molecule has 114 valence electrons. The second-order valence-corrected chi connectivity index (χ2v) is 9.29. The first-order valence-corrected chi connectivity index (χ1v) is 9.33. The average molecular weight is 342 g/mol. The van der Waals surface area contributed by atoms with E-state index in [1.165, 1.54) is 13.2 Å². The van der Waals surface area contributed by atoms with Gasteiger partial charge in [0.2, 0.25) is 10.0 Å². The standard InChI is InChI=1S/C11H16ClNO5S2/c1-11(2,3)13-20(16,17)10-7-8(18-4)5-6-9(10)19(12,14)15/h5-7,13H,1-4H3. The van der Waals surface area contributed by atoms with Crippen molar-refractivity contribution >= 4 is 29.8 Å². The molecule has 0 radical (unpaired) electrons. The van der Waals surface area contributed by atoms with Crippen molar-refractivity contribution in [3.05, 3.63) is 18.2 Å². The second-order valence-electron chi connectivity index (χ2n) is 5.11. The minimum Gasteiger partial charge on any atom is -0.497 e. The predicted octanol–water partition coefficient (Wildman–Crippen LogP) is 1.70. The van der Waals surface area contributed by atoms with Crippen LogP contribution in [0.2, 0.25) is 0 Å². The molecule has 20 heavy (non-hydrogen) atoms. The zero-order valence-electron chi connectivity index (χ0n) is 11.5. The van der Waals surface area contributed by atoms with Crippen molar-refractivity contribution in [2.45, 2.75) is 36.1 Å². The molecule has 9 heteroatoms. The van der Waals surface area contributed by atoms with E-state index in [4.69, 9.17) is 15.4 Å². The van der Waals surface area contributed by atoms with Crippen LogP contribution in [-0.4, -0.2) is 29.5 Å². The summed E-state index contributed by atoms with van der Waals surface area (Å²) >= 11 is 0. The summed E-state index contributed by atoms with van der Waals surface area (Å²) < 4.78 is 54.9. The minimum absolute atomic E-state index is 0.211. The number of hydrogen-bond donors (Lipinski definition) is 1. The van der Waals surface area contributed by atoms with Gasteiger partial charge in [-0.2, -0.15) is 0 Å². The van der Waals surface area contributed by atoms with E-state index in [0.717, 1.165) is 12.1 Å².